The van der Waals surface area contributed by atoms with Crippen LogP contribution < -0.4 is 10.1 Å². The number of nitrogens with zero attached hydrogens (tertiary/aromatic N) is 1. The maximum absolute atomic E-state index is 13.1. The number of thiophene rings is 1. The maximum atomic E-state index is 13.1. The Bertz CT molecular complexity index is 736. The molecule has 7 heteroatoms. The number of hydrogen-bond donors (Lipinski definition) is 1. The first-order valence-electron chi connectivity index (χ1n) is 8.16. The first-order chi connectivity index (χ1) is 12.1. The summed E-state index contributed by atoms with van der Waals surface area (Å²) in [4.78, 5) is 27.1. The third kappa shape index (κ3) is 4.36. The van der Waals surface area contributed by atoms with E-state index in [1.807, 2.05) is 11.4 Å². The third-order valence-corrected chi connectivity index (χ3v) is 4.87. The molecule has 2 heterocycles. The molecule has 1 saturated heterocycles. The molecule has 1 atom stereocenters. The van der Waals surface area contributed by atoms with Gasteiger partial charge >= 0.3 is 0 Å². The Morgan fingerprint density at radius 2 is 2.20 bits per heavy atom. The number of carbonyl (C=O) groups is 2. The summed E-state index contributed by atoms with van der Waals surface area (Å²) >= 11 is 1.38. The van der Waals surface area contributed by atoms with Gasteiger partial charge in [-0.25, -0.2) is 4.39 Å². The number of hydrogen-bond acceptors (Lipinski definition) is 4. The van der Waals surface area contributed by atoms with Gasteiger partial charge in [-0.3, -0.25) is 9.59 Å². The standard InChI is InChI=1S/C18H19FN2O3S/c19-13-4-1-5-14(12-13)24-10-8-20-17(22)15-6-2-9-21(15)18(23)16-7-3-11-25-16/h1,3-5,7,11-12,15H,2,6,8-10H2,(H,20,22)/t15-/m0/s1. The zero-order chi connectivity index (χ0) is 17.6. The molecule has 1 aromatic heterocycles. The Labute approximate surface area is 149 Å². The minimum Gasteiger partial charge on any atom is -0.492 e. The average molecular weight is 362 g/mol. The maximum Gasteiger partial charge on any atom is 0.264 e. The average Bonchev–Trinajstić information content (AvgIpc) is 3.29. The number of likely N-dealkylation sites (tertiary alicyclic amines) is 1. The molecule has 2 aromatic rings. The van der Waals surface area contributed by atoms with Crippen molar-refractivity contribution >= 4 is 23.2 Å². The largest absolute Gasteiger partial charge is 0.492 e. The zero-order valence-corrected chi connectivity index (χ0v) is 14.4. The van der Waals surface area contributed by atoms with Crippen molar-refractivity contribution in [3.05, 3.63) is 52.5 Å². The van der Waals surface area contributed by atoms with Crippen LogP contribution in [0.1, 0.15) is 22.5 Å². The van der Waals surface area contributed by atoms with Crippen molar-refractivity contribution in [1.29, 1.82) is 0 Å². The lowest BCUT2D eigenvalue weighted by atomic mass is 10.2. The summed E-state index contributed by atoms with van der Waals surface area (Å²) in [5.41, 5.74) is 0. The van der Waals surface area contributed by atoms with Crippen LogP contribution >= 0.6 is 11.3 Å². The molecule has 3 rings (SSSR count). The summed E-state index contributed by atoms with van der Waals surface area (Å²) in [6.07, 6.45) is 1.47. The van der Waals surface area contributed by atoms with Gasteiger partial charge in [0, 0.05) is 12.6 Å². The highest BCUT2D eigenvalue weighted by Gasteiger charge is 2.34. The minimum atomic E-state index is -0.441. The Morgan fingerprint density at radius 1 is 1.32 bits per heavy atom. The van der Waals surface area contributed by atoms with E-state index in [9.17, 15) is 14.0 Å². The van der Waals surface area contributed by atoms with Crippen LogP contribution in [0.4, 0.5) is 4.39 Å². The van der Waals surface area contributed by atoms with E-state index < -0.39 is 6.04 Å². The predicted octanol–water partition coefficient (Wildman–Crippen LogP) is 2.69. The van der Waals surface area contributed by atoms with Crippen molar-refractivity contribution < 1.29 is 18.7 Å². The first-order valence-corrected chi connectivity index (χ1v) is 9.03. The highest BCUT2D eigenvalue weighted by molar-refractivity contribution is 7.12. The molecule has 0 radical (unpaired) electrons. The Balaban J connectivity index is 1.48. The quantitative estimate of drug-likeness (QED) is 0.804. The molecule has 0 aliphatic carbocycles. The van der Waals surface area contributed by atoms with Gasteiger partial charge in [-0.1, -0.05) is 12.1 Å². The molecule has 1 aliphatic heterocycles. The number of nitrogens with one attached hydrogen (secondary N) is 1. The fourth-order valence-electron chi connectivity index (χ4n) is 2.84. The minimum absolute atomic E-state index is 0.0938. The monoisotopic (exact) mass is 362 g/mol. The van der Waals surface area contributed by atoms with Crippen LogP contribution in [-0.2, 0) is 4.79 Å². The fourth-order valence-corrected chi connectivity index (χ4v) is 3.52. The van der Waals surface area contributed by atoms with Gasteiger partial charge in [0.15, 0.2) is 0 Å². The normalized spacial score (nSPS) is 16.7. The molecule has 1 fully saturated rings. The van der Waals surface area contributed by atoms with Gasteiger partial charge in [0.2, 0.25) is 5.91 Å². The number of rotatable bonds is 6. The second-order valence-corrected chi connectivity index (χ2v) is 6.68. The van der Waals surface area contributed by atoms with E-state index in [-0.39, 0.29) is 24.2 Å². The molecule has 1 N–H and O–H groups in total. The van der Waals surface area contributed by atoms with Gasteiger partial charge in [-0.15, -0.1) is 11.3 Å². The molecule has 0 spiro atoms. The van der Waals surface area contributed by atoms with Crippen LogP contribution in [0.15, 0.2) is 41.8 Å². The van der Waals surface area contributed by atoms with Crippen molar-refractivity contribution in [3.63, 3.8) is 0 Å². The van der Waals surface area contributed by atoms with E-state index in [1.165, 1.54) is 23.5 Å². The van der Waals surface area contributed by atoms with Crippen molar-refractivity contribution in [3.8, 4) is 5.75 Å². The molecule has 1 aromatic carbocycles. The summed E-state index contributed by atoms with van der Waals surface area (Å²) < 4.78 is 18.5. The highest BCUT2D eigenvalue weighted by atomic mass is 32.1. The van der Waals surface area contributed by atoms with Crippen LogP contribution in [0.2, 0.25) is 0 Å². The Morgan fingerprint density at radius 3 is 2.96 bits per heavy atom. The molecule has 0 unspecified atom stereocenters. The number of halogens is 1. The summed E-state index contributed by atoms with van der Waals surface area (Å²) in [7, 11) is 0. The molecular formula is C18H19FN2O3S. The van der Waals surface area contributed by atoms with Crippen molar-refractivity contribution in [2.75, 3.05) is 19.7 Å². The molecule has 0 saturated carbocycles. The van der Waals surface area contributed by atoms with E-state index in [1.54, 1.807) is 23.1 Å². The summed E-state index contributed by atoms with van der Waals surface area (Å²) in [5.74, 6) is -0.214. The van der Waals surface area contributed by atoms with Crippen molar-refractivity contribution in [2.45, 2.75) is 18.9 Å². The van der Waals surface area contributed by atoms with Crippen LogP contribution in [0.25, 0.3) is 0 Å². The smallest absolute Gasteiger partial charge is 0.264 e. The van der Waals surface area contributed by atoms with Crippen LogP contribution in [0.3, 0.4) is 0 Å². The zero-order valence-electron chi connectivity index (χ0n) is 13.6. The molecule has 5 nitrogen and oxygen atoms in total. The Hall–Kier alpha value is -2.41. The lowest BCUT2D eigenvalue weighted by molar-refractivity contribution is -0.124. The van der Waals surface area contributed by atoms with E-state index in [2.05, 4.69) is 5.32 Å². The third-order valence-electron chi connectivity index (χ3n) is 4.01. The van der Waals surface area contributed by atoms with Gasteiger partial charge in [0.05, 0.1) is 11.4 Å². The van der Waals surface area contributed by atoms with Crippen LogP contribution in [0, 0.1) is 5.82 Å². The van der Waals surface area contributed by atoms with Gasteiger partial charge in [-0.05, 0) is 36.4 Å². The topological polar surface area (TPSA) is 58.6 Å². The Kier molecular flexibility index (Phi) is 5.65. The number of benzene rings is 1. The first kappa shape index (κ1) is 17.4. The SMILES string of the molecule is O=C(NCCOc1cccc(F)c1)[C@@H]1CCCN1C(=O)c1cccs1. The molecular weight excluding hydrogens is 343 g/mol. The molecule has 1 aliphatic rings. The number of ether oxygens (including phenoxy) is 1. The lowest BCUT2D eigenvalue weighted by Gasteiger charge is -2.23. The van der Waals surface area contributed by atoms with Crippen molar-refractivity contribution in [2.24, 2.45) is 0 Å². The molecule has 2 amide bonds. The van der Waals surface area contributed by atoms with Gasteiger partial charge in [0.25, 0.3) is 5.91 Å². The van der Waals surface area contributed by atoms with Gasteiger partial charge in [-0.2, -0.15) is 0 Å². The summed E-state index contributed by atoms with van der Waals surface area (Å²) in [5, 5.41) is 4.64. The highest BCUT2D eigenvalue weighted by Crippen LogP contribution is 2.22. The summed E-state index contributed by atoms with van der Waals surface area (Å²) in [6.45, 7) is 1.13. The fraction of sp³-hybridized carbons (Fsp3) is 0.333. The van der Waals surface area contributed by atoms with Gasteiger partial charge in [0.1, 0.15) is 24.2 Å². The molecule has 0 bridgehead atoms. The second kappa shape index (κ2) is 8.11. The molecule has 25 heavy (non-hydrogen) atoms. The van der Waals surface area contributed by atoms with Gasteiger partial charge < -0.3 is 15.0 Å². The number of amides is 2. The van der Waals surface area contributed by atoms with E-state index in [0.717, 1.165) is 6.42 Å². The van der Waals surface area contributed by atoms with E-state index >= 15 is 0 Å². The van der Waals surface area contributed by atoms with E-state index in [0.29, 0.717) is 30.1 Å². The van der Waals surface area contributed by atoms with Crippen molar-refractivity contribution in [1.82, 2.24) is 10.2 Å². The summed E-state index contributed by atoms with van der Waals surface area (Å²) in [6, 6.07) is 9.01. The lowest BCUT2D eigenvalue weighted by Crippen LogP contribution is -2.46. The second-order valence-electron chi connectivity index (χ2n) is 5.73. The van der Waals surface area contributed by atoms with Crippen LogP contribution in [0.5, 0.6) is 5.75 Å². The number of carbonyl (C=O) groups excluding carboxylic acids is 2. The van der Waals surface area contributed by atoms with E-state index in [4.69, 9.17) is 4.74 Å². The van der Waals surface area contributed by atoms with Crippen LogP contribution in [-0.4, -0.2) is 42.5 Å². The molecule has 132 valence electrons. The predicted molar refractivity (Wildman–Crippen MR) is 93.3 cm³/mol.